The molecule has 0 bridgehead atoms. The summed E-state index contributed by atoms with van der Waals surface area (Å²) in [5, 5.41) is 3.21. The number of fused-ring (bicyclic) bond motifs is 2. The molecule has 4 aliphatic rings. The zero-order chi connectivity index (χ0) is 24.3. The quantitative estimate of drug-likeness (QED) is 0.412. The van der Waals surface area contributed by atoms with Gasteiger partial charge in [-0.15, -0.1) is 0 Å². The number of epoxide rings is 1. The van der Waals surface area contributed by atoms with Gasteiger partial charge in [-0.3, -0.25) is 14.4 Å². The molecule has 1 saturated carbocycles. The van der Waals surface area contributed by atoms with E-state index < -0.39 is 17.5 Å². The van der Waals surface area contributed by atoms with Crippen LogP contribution in [-0.2, 0) is 30.3 Å². The molecule has 1 aliphatic carbocycles. The molecule has 5 rings (SSSR count). The zero-order valence-corrected chi connectivity index (χ0v) is 20.2. The summed E-state index contributed by atoms with van der Waals surface area (Å²) in [5.74, 6) is -1.55. The number of benzene rings is 1. The van der Waals surface area contributed by atoms with Crippen LogP contribution >= 0.6 is 0 Å². The SMILES string of the molecule is CC1=CCC(=O)OC23C(=O)NC(Cc4ccccc4)C2C(C)C2(C)OC2C3C=CCC(C)C1=O. The van der Waals surface area contributed by atoms with Crippen LogP contribution in [0.5, 0.6) is 0 Å². The number of rotatable bonds is 2. The minimum Gasteiger partial charge on any atom is -0.448 e. The molecule has 6 nitrogen and oxygen atoms in total. The topological polar surface area (TPSA) is 85.0 Å². The third kappa shape index (κ3) is 3.46. The maximum absolute atomic E-state index is 13.8. The minimum absolute atomic E-state index is 0.00768. The molecule has 8 atom stereocenters. The molecule has 1 aromatic rings. The van der Waals surface area contributed by atoms with Crippen molar-refractivity contribution < 1.29 is 23.9 Å². The van der Waals surface area contributed by atoms with E-state index in [2.05, 4.69) is 31.3 Å². The van der Waals surface area contributed by atoms with Gasteiger partial charge in [-0.05, 0) is 43.7 Å². The molecule has 3 heterocycles. The molecule has 6 heteroatoms. The second-order valence-electron chi connectivity index (χ2n) is 10.6. The summed E-state index contributed by atoms with van der Waals surface area (Å²) >= 11 is 0. The van der Waals surface area contributed by atoms with Crippen molar-refractivity contribution in [1.82, 2.24) is 5.32 Å². The Morgan fingerprint density at radius 1 is 1.12 bits per heavy atom. The molecule has 0 radical (unpaired) electrons. The molecule has 180 valence electrons. The largest absolute Gasteiger partial charge is 0.448 e. The summed E-state index contributed by atoms with van der Waals surface area (Å²) in [7, 11) is 0. The van der Waals surface area contributed by atoms with E-state index in [9.17, 15) is 14.4 Å². The maximum Gasteiger partial charge on any atom is 0.310 e. The van der Waals surface area contributed by atoms with Gasteiger partial charge in [0.1, 0.15) is 0 Å². The highest BCUT2D eigenvalue weighted by molar-refractivity contribution is 5.97. The van der Waals surface area contributed by atoms with E-state index in [4.69, 9.17) is 9.47 Å². The summed E-state index contributed by atoms with van der Waals surface area (Å²) in [4.78, 5) is 39.5. The van der Waals surface area contributed by atoms with Gasteiger partial charge in [0, 0.05) is 17.9 Å². The van der Waals surface area contributed by atoms with Crippen molar-refractivity contribution in [3.05, 3.63) is 59.7 Å². The predicted molar refractivity (Wildman–Crippen MR) is 127 cm³/mol. The van der Waals surface area contributed by atoms with Crippen LogP contribution in [-0.4, -0.2) is 41.0 Å². The first-order valence-corrected chi connectivity index (χ1v) is 12.3. The highest BCUT2D eigenvalue weighted by Crippen LogP contribution is 2.63. The van der Waals surface area contributed by atoms with Gasteiger partial charge < -0.3 is 14.8 Å². The Hall–Kier alpha value is -2.73. The average Bonchev–Trinajstić information content (AvgIpc) is 3.43. The van der Waals surface area contributed by atoms with Gasteiger partial charge >= 0.3 is 5.97 Å². The van der Waals surface area contributed by atoms with Crippen LogP contribution in [0, 0.1) is 23.7 Å². The van der Waals surface area contributed by atoms with E-state index in [-0.39, 0.29) is 53.6 Å². The van der Waals surface area contributed by atoms with Crippen molar-refractivity contribution >= 4 is 17.7 Å². The Labute approximate surface area is 200 Å². The molecule has 1 aromatic carbocycles. The standard InChI is InChI=1S/C28H33NO5/c1-16-9-8-12-20-25-27(4,34-25)18(3)23-21(15-19-10-6-5-7-11-19)29-26(32)28(20,23)33-22(30)14-13-17(2)24(16)31/h5-8,10-13,16,18,20-21,23,25H,9,14-15H2,1-4H3,(H,29,32). The van der Waals surface area contributed by atoms with Crippen LogP contribution < -0.4 is 5.32 Å². The van der Waals surface area contributed by atoms with Gasteiger partial charge in [0.15, 0.2) is 5.78 Å². The predicted octanol–water partition coefficient (Wildman–Crippen LogP) is 3.55. The van der Waals surface area contributed by atoms with Crippen molar-refractivity contribution in [2.45, 2.75) is 70.3 Å². The molecule has 1 amide bonds. The number of ether oxygens (including phenoxy) is 2. The fraction of sp³-hybridized carbons (Fsp3) is 0.536. The molecule has 8 unspecified atom stereocenters. The number of Topliss-reactive ketones (excluding diaryl/α,β-unsaturated/α-hetero) is 1. The molecule has 0 aromatic heterocycles. The van der Waals surface area contributed by atoms with Crippen LogP contribution in [0.15, 0.2) is 54.1 Å². The lowest BCUT2D eigenvalue weighted by atomic mass is 9.59. The van der Waals surface area contributed by atoms with Crippen LogP contribution in [0.1, 0.15) is 46.1 Å². The number of amides is 1. The first-order chi connectivity index (χ1) is 16.2. The monoisotopic (exact) mass is 463 g/mol. The van der Waals surface area contributed by atoms with Gasteiger partial charge in [0.2, 0.25) is 5.60 Å². The Kier molecular flexibility index (Phi) is 5.55. The molecule has 1 spiro atoms. The van der Waals surface area contributed by atoms with E-state index >= 15 is 0 Å². The summed E-state index contributed by atoms with van der Waals surface area (Å²) in [6.07, 6.45) is 6.53. The van der Waals surface area contributed by atoms with Crippen molar-refractivity contribution in [2.24, 2.45) is 23.7 Å². The van der Waals surface area contributed by atoms with E-state index in [1.54, 1.807) is 13.0 Å². The van der Waals surface area contributed by atoms with Crippen LogP contribution in [0.4, 0.5) is 0 Å². The number of hydrogen-bond acceptors (Lipinski definition) is 5. The first kappa shape index (κ1) is 23.0. The molecule has 3 fully saturated rings. The number of hydrogen-bond donors (Lipinski definition) is 1. The van der Waals surface area contributed by atoms with Crippen molar-refractivity contribution in [2.75, 3.05) is 0 Å². The summed E-state index contributed by atoms with van der Waals surface area (Å²) in [6.45, 7) is 7.83. The molecule has 3 aliphatic heterocycles. The number of carbonyl (C=O) groups is 3. The number of carbonyl (C=O) groups excluding carboxylic acids is 3. The number of esters is 1. The second kappa shape index (κ2) is 8.19. The summed E-state index contributed by atoms with van der Waals surface area (Å²) in [6, 6.07) is 9.89. The summed E-state index contributed by atoms with van der Waals surface area (Å²) < 4.78 is 12.5. The number of nitrogens with one attached hydrogen (secondary N) is 1. The summed E-state index contributed by atoms with van der Waals surface area (Å²) in [5.41, 5.74) is -0.0388. The fourth-order valence-corrected chi connectivity index (χ4v) is 6.50. The third-order valence-corrected chi connectivity index (χ3v) is 8.58. The third-order valence-electron chi connectivity index (χ3n) is 8.58. The normalized spacial score (nSPS) is 41.6. The van der Waals surface area contributed by atoms with Gasteiger partial charge in [-0.1, -0.05) is 62.4 Å². The highest BCUT2D eigenvalue weighted by atomic mass is 16.6. The van der Waals surface area contributed by atoms with Crippen LogP contribution in [0.3, 0.4) is 0 Å². The van der Waals surface area contributed by atoms with Gasteiger partial charge in [0.05, 0.1) is 24.0 Å². The maximum atomic E-state index is 13.8. The lowest BCUT2D eigenvalue weighted by Gasteiger charge is -2.46. The second-order valence-corrected chi connectivity index (χ2v) is 10.6. The smallest absolute Gasteiger partial charge is 0.310 e. The molecular formula is C28H33NO5. The molecule has 2 saturated heterocycles. The Morgan fingerprint density at radius 3 is 2.59 bits per heavy atom. The van der Waals surface area contributed by atoms with E-state index in [0.29, 0.717) is 18.4 Å². The number of allylic oxidation sites excluding steroid dienone is 2. The Morgan fingerprint density at radius 2 is 1.85 bits per heavy atom. The minimum atomic E-state index is -1.33. The first-order valence-electron chi connectivity index (χ1n) is 12.3. The zero-order valence-electron chi connectivity index (χ0n) is 20.2. The van der Waals surface area contributed by atoms with Gasteiger partial charge in [-0.2, -0.15) is 0 Å². The van der Waals surface area contributed by atoms with E-state index in [1.807, 2.05) is 37.3 Å². The molecular weight excluding hydrogens is 430 g/mol. The fourth-order valence-electron chi connectivity index (χ4n) is 6.50. The van der Waals surface area contributed by atoms with Crippen LogP contribution in [0.25, 0.3) is 0 Å². The lowest BCUT2D eigenvalue weighted by molar-refractivity contribution is -0.181. The van der Waals surface area contributed by atoms with Gasteiger partial charge in [-0.25, -0.2) is 0 Å². The van der Waals surface area contributed by atoms with Crippen LogP contribution in [0.2, 0.25) is 0 Å². The van der Waals surface area contributed by atoms with Crippen molar-refractivity contribution in [1.29, 1.82) is 0 Å². The Bertz CT molecular complexity index is 1080. The van der Waals surface area contributed by atoms with Crippen molar-refractivity contribution in [3.63, 3.8) is 0 Å². The number of ketones is 1. The molecule has 1 N–H and O–H groups in total. The molecule has 34 heavy (non-hydrogen) atoms. The van der Waals surface area contributed by atoms with Crippen molar-refractivity contribution in [3.8, 4) is 0 Å². The van der Waals surface area contributed by atoms with E-state index in [0.717, 1.165) is 5.56 Å². The van der Waals surface area contributed by atoms with E-state index in [1.165, 1.54) is 0 Å². The average molecular weight is 464 g/mol. The van der Waals surface area contributed by atoms with Gasteiger partial charge in [0.25, 0.3) is 5.91 Å². The Balaban J connectivity index is 1.58. The highest BCUT2D eigenvalue weighted by Gasteiger charge is 2.78. The lowest BCUT2D eigenvalue weighted by Crippen LogP contribution is -2.61.